The van der Waals surface area contributed by atoms with Crippen molar-refractivity contribution >= 4 is 15.5 Å². The van der Waals surface area contributed by atoms with Crippen LogP contribution in [0.5, 0.6) is 0 Å². The molecule has 1 rings (SSSR count). The summed E-state index contributed by atoms with van der Waals surface area (Å²) in [6.45, 7) is 3.88. The molecule has 0 fully saturated rings. The monoisotopic (exact) mass is 227 g/mol. The maximum absolute atomic E-state index is 11.0. The molecule has 1 unspecified atom stereocenters. The highest BCUT2D eigenvalue weighted by atomic mass is 32.2. The molecule has 0 heterocycles. The minimum absolute atomic E-state index is 0.0669. The average Bonchev–Trinajstić information content (AvgIpc) is 2.05. The van der Waals surface area contributed by atoms with Crippen molar-refractivity contribution in [2.45, 2.75) is 19.9 Å². The zero-order valence-corrected chi connectivity index (χ0v) is 10.1. The smallest absolute Gasteiger partial charge is 0.149 e. The van der Waals surface area contributed by atoms with Crippen molar-refractivity contribution in [1.82, 2.24) is 0 Å². The van der Waals surface area contributed by atoms with Gasteiger partial charge in [0.05, 0.1) is 5.75 Å². The molecular formula is C11H17NO2S. The molecule has 15 heavy (non-hydrogen) atoms. The SMILES string of the molecule is Cc1ccc(NC(C)CS(C)(=O)=O)cc1. The number of nitrogens with one attached hydrogen (secondary N) is 1. The summed E-state index contributed by atoms with van der Waals surface area (Å²) < 4.78 is 22.1. The molecule has 0 amide bonds. The predicted molar refractivity (Wildman–Crippen MR) is 64.0 cm³/mol. The van der Waals surface area contributed by atoms with E-state index in [9.17, 15) is 8.42 Å². The standard InChI is InChI=1S/C11H17NO2S/c1-9-4-6-11(7-5-9)12-10(2)8-15(3,13)14/h4-7,10,12H,8H2,1-3H3. The second-order valence-electron chi connectivity index (χ2n) is 4.00. The van der Waals surface area contributed by atoms with Crippen LogP contribution in [0, 0.1) is 6.92 Å². The van der Waals surface area contributed by atoms with E-state index < -0.39 is 9.84 Å². The van der Waals surface area contributed by atoms with Crippen molar-refractivity contribution in [1.29, 1.82) is 0 Å². The van der Waals surface area contributed by atoms with Gasteiger partial charge in [0.1, 0.15) is 9.84 Å². The van der Waals surface area contributed by atoms with Gasteiger partial charge in [-0.05, 0) is 26.0 Å². The van der Waals surface area contributed by atoms with E-state index in [1.807, 2.05) is 38.1 Å². The van der Waals surface area contributed by atoms with Crippen LogP contribution in [0.4, 0.5) is 5.69 Å². The van der Waals surface area contributed by atoms with E-state index in [1.54, 1.807) is 0 Å². The second-order valence-corrected chi connectivity index (χ2v) is 6.19. The topological polar surface area (TPSA) is 46.2 Å². The second kappa shape index (κ2) is 4.66. The third kappa shape index (κ3) is 4.83. The van der Waals surface area contributed by atoms with Crippen LogP contribution in [0.3, 0.4) is 0 Å². The largest absolute Gasteiger partial charge is 0.382 e. The van der Waals surface area contributed by atoms with Crippen LogP contribution in [0.25, 0.3) is 0 Å². The van der Waals surface area contributed by atoms with Gasteiger partial charge in [0, 0.05) is 18.0 Å². The van der Waals surface area contributed by atoms with Crippen molar-refractivity contribution in [3.63, 3.8) is 0 Å². The molecule has 0 spiro atoms. The molecular weight excluding hydrogens is 210 g/mol. The van der Waals surface area contributed by atoms with E-state index in [0.717, 1.165) is 5.69 Å². The van der Waals surface area contributed by atoms with Crippen molar-refractivity contribution in [3.05, 3.63) is 29.8 Å². The Morgan fingerprint density at radius 1 is 1.27 bits per heavy atom. The molecule has 0 aliphatic heterocycles. The molecule has 0 aliphatic carbocycles. The van der Waals surface area contributed by atoms with Gasteiger partial charge < -0.3 is 5.32 Å². The Morgan fingerprint density at radius 2 is 1.80 bits per heavy atom. The first-order chi connectivity index (χ1) is 6.87. The van der Waals surface area contributed by atoms with Gasteiger partial charge in [-0.2, -0.15) is 0 Å². The van der Waals surface area contributed by atoms with Crippen LogP contribution in [0.15, 0.2) is 24.3 Å². The van der Waals surface area contributed by atoms with Crippen LogP contribution in [0.2, 0.25) is 0 Å². The molecule has 0 saturated heterocycles. The Bertz CT molecular complexity index is 409. The molecule has 3 nitrogen and oxygen atoms in total. The molecule has 0 bridgehead atoms. The van der Waals surface area contributed by atoms with Gasteiger partial charge in [-0.15, -0.1) is 0 Å². The quantitative estimate of drug-likeness (QED) is 0.853. The molecule has 0 aliphatic rings. The first kappa shape index (κ1) is 12.0. The highest BCUT2D eigenvalue weighted by Crippen LogP contribution is 2.10. The minimum Gasteiger partial charge on any atom is -0.382 e. The lowest BCUT2D eigenvalue weighted by Gasteiger charge is -2.14. The van der Waals surface area contributed by atoms with Crippen LogP contribution < -0.4 is 5.32 Å². The summed E-state index contributed by atoms with van der Waals surface area (Å²) in [5.74, 6) is 0.154. The van der Waals surface area contributed by atoms with Gasteiger partial charge in [-0.1, -0.05) is 17.7 Å². The van der Waals surface area contributed by atoms with E-state index >= 15 is 0 Å². The zero-order chi connectivity index (χ0) is 11.5. The number of sulfone groups is 1. The van der Waals surface area contributed by atoms with Gasteiger partial charge >= 0.3 is 0 Å². The fourth-order valence-corrected chi connectivity index (χ4v) is 2.42. The lowest BCUT2D eigenvalue weighted by molar-refractivity contribution is 0.598. The lowest BCUT2D eigenvalue weighted by Crippen LogP contribution is -2.24. The Hall–Kier alpha value is -1.03. The van der Waals surface area contributed by atoms with Crippen molar-refractivity contribution < 1.29 is 8.42 Å². The van der Waals surface area contributed by atoms with E-state index in [-0.39, 0.29) is 11.8 Å². The van der Waals surface area contributed by atoms with Gasteiger partial charge in [-0.25, -0.2) is 8.42 Å². The zero-order valence-electron chi connectivity index (χ0n) is 9.32. The first-order valence-corrected chi connectivity index (χ1v) is 6.94. The van der Waals surface area contributed by atoms with Crippen LogP contribution in [-0.2, 0) is 9.84 Å². The highest BCUT2D eigenvalue weighted by Gasteiger charge is 2.09. The number of anilines is 1. The van der Waals surface area contributed by atoms with E-state index in [0.29, 0.717) is 0 Å². The van der Waals surface area contributed by atoms with Crippen molar-refractivity contribution in [2.24, 2.45) is 0 Å². The number of hydrogen-bond donors (Lipinski definition) is 1. The number of benzene rings is 1. The van der Waals surface area contributed by atoms with E-state index in [2.05, 4.69) is 5.32 Å². The predicted octanol–water partition coefficient (Wildman–Crippen LogP) is 1.84. The Morgan fingerprint density at radius 3 is 2.27 bits per heavy atom. The van der Waals surface area contributed by atoms with Gasteiger partial charge in [0.15, 0.2) is 0 Å². The van der Waals surface area contributed by atoms with Crippen LogP contribution in [-0.4, -0.2) is 26.5 Å². The van der Waals surface area contributed by atoms with E-state index in [1.165, 1.54) is 11.8 Å². The Balaban J connectivity index is 2.59. The maximum Gasteiger partial charge on any atom is 0.149 e. The maximum atomic E-state index is 11.0. The lowest BCUT2D eigenvalue weighted by atomic mass is 10.2. The number of aryl methyl sites for hydroxylation is 1. The molecule has 0 aromatic heterocycles. The molecule has 84 valence electrons. The summed E-state index contributed by atoms with van der Waals surface area (Å²) in [5, 5.41) is 3.15. The molecule has 0 saturated carbocycles. The summed E-state index contributed by atoms with van der Waals surface area (Å²) in [5.41, 5.74) is 2.15. The van der Waals surface area contributed by atoms with E-state index in [4.69, 9.17) is 0 Å². The minimum atomic E-state index is -2.91. The third-order valence-corrected chi connectivity index (χ3v) is 3.12. The normalized spacial score (nSPS) is 13.5. The van der Waals surface area contributed by atoms with Crippen LogP contribution >= 0.6 is 0 Å². The average molecular weight is 227 g/mol. The molecule has 1 aromatic rings. The molecule has 0 radical (unpaired) electrons. The van der Waals surface area contributed by atoms with Gasteiger partial charge in [0.25, 0.3) is 0 Å². The Labute approximate surface area is 91.4 Å². The summed E-state index contributed by atoms with van der Waals surface area (Å²) in [4.78, 5) is 0. The molecule has 1 aromatic carbocycles. The fraction of sp³-hybridized carbons (Fsp3) is 0.455. The highest BCUT2D eigenvalue weighted by molar-refractivity contribution is 7.90. The van der Waals surface area contributed by atoms with Crippen molar-refractivity contribution in [3.8, 4) is 0 Å². The van der Waals surface area contributed by atoms with Gasteiger partial charge in [0.2, 0.25) is 0 Å². The molecule has 1 N–H and O–H groups in total. The Kier molecular flexibility index (Phi) is 3.74. The fourth-order valence-electron chi connectivity index (χ4n) is 1.43. The summed E-state index contributed by atoms with van der Waals surface area (Å²) >= 11 is 0. The summed E-state index contributed by atoms with van der Waals surface area (Å²) in [6.07, 6.45) is 1.25. The number of rotatable bonds is 4. The van der Waals surface area contributed by atoms with Crippen molar-refractivity contribution in [2.75, 3.05) is 17.3 Å². The summed E-state index contributed by atoms with van der Waals surface area (Å²) in [6, 6.07) is 7.83. The molecule has 4 heteroatoms. The summed E-state index contributed by atoms with van der Waals surface area (Å²) in [7, 11) is -2.91. The number of hydrogen-bond acceptors (Lipinski definition) is 3. The van der Waals surface area contributed by atoms with Crippen LogP contribution in [0.1, 0.15) is 12.5 Å². The third-order valence-electron chi connectivity index (χ3n) is 2.02. The molecule has 1 atom stereocenters. The van der Waals surface area contributed by atoms with Gasteiger partial charge in [-0.3, -0.25) is 0 Å². The first-order valence-electron chi connectivity index (χ1n) is 4.88.